The first-order chi connectivity index (χ1) is 13.9. The number of allylic oxidation sites excluding steroid dienone is 2. The standard InChI is InChI=1S/C24H35NO4/c1-23(15-27-3)7-4-8-24(2)20-13-17(26)12-19(18(20)5-6-21(23)24)16(14-25)11-22-28-9-10-29-22/h16,20-22H,4-13,15H2,1-3H3/t16?,20?,21?,23-,24-/m1/s1. The third-order valence-corrected chi connectivity index (χ3v) is 8.42. The zero-order valence-corrected chi connectivity index (χ0v) is 18.2. The Morgan fingerprint density at radius 1 is 1.28 bits per heavy atom. The van der Waals surface area contributed by atoms with Gasteiger partial charge in [-0.05, 0) is 53.9 Å². The molecule has 0 amide bonds. The molecule has 0 aromatic carbocycles. The summed E-state index contributed by atoms with van der Waals surface area (Å²) in [6.45, 7) is 6.76. The molecule has 1 saturated heterocycles. The molecule has 1 aliphatic heterocycles. The highest BCUT2D eigenvalue weighted by molar-refractivity contribution is 5.83. The molecule has 3 unspecified atom stereocenters. The lowest BCUT2D eigenvalue weighted by atomic mass is 9.45. The van der Waals surface area contributed by atoms with Gasteiger partial charge in [0.2, 0.25) is 0 Å². The van der Waals surface area contributed by atoms with Crippen molar-refractivity contribution in [2.75, 3.05) is 26.9 Å². The molecule has 3 aliphatic carbocycles. The predicted octanol–water partition coefficient (Wildman–Crippen LogP) is 4.42. The second kappa shape index (κ2) is 8.13. The number of Topliss-reactive ketones (excluding diaryl/α,β-unsaturated/α-hetero) is 1. The summed E-state index contributed by atoms with van der Waals surface area (Å²) in [7, 11) is 1.80. The number of carbonyl (C=O) groups excluding carboxylic acids is 1. The Morgan fingerprint density at radius 2 is 2.03 bits per heavy atom. The first-order valence-corrected chi connectivity index (χ1v) is 11.3. The van der Waals surface area contributed by atoms with Gasteiger partial charge >= 0.3 is 0 Å². The van der Waals surface area contributed by atoms with Gasteiger partial charge in [-0.1, -0.05) is 25.8 Å². The fourth-order valence-electron chi connectivity index (χ4n) is 7.21. The number of rotatable bonds is 5. The summed E-state index contributed by atoms with van der Waals surface area (Å²) in [6, 6.07) is 2.48. The molecular formula is C24H35NO4. The number of ketones is 1. The van der Waals surface area contributed by atoms with Crippen LogP contribution in [0.1, 0.15) is 65.2 Å². The van der Waals surface area contributed by atoms with Gasteiger partial charge in [0.1, 0.15) is 5.78 Å². The lowest BCUT2D eigenvalue weighted by Gasteiger charge is -2.59. The van der Waals surface area contributed by atoms with Crippen LogP contribution >= 0.6 is 0 Å². The average Bonchev–Trinajstić information content (AvgIpc) is 3.19. The van der Waals surface area contributed by atoms with Crippen LogP contribution in [0.25, 0.3) is 0 Å². The summed E-state index contributed by atoms with van der Waals surface area (Å²) >= 11 is 0. The maximum atomic E-state index is 12.9. The third-order valence-electron chi connectivity index (χ3n) is 8.42. The van der Waals surface area contributed by atoms with E-state index < -0.39 is 0 Å². The molecule has 0 bridgehead atoms. The van der Waals surface area contributed by atoms with Crippen molar-refractivity contribution < 1.29 is 19.0 Å². The van der Waals surface area contributed by atoms with Crippen LogP contribution in [-0.4, -0.2) is 39.0 Å². The van der Waals surface area contributed by atoms with Crippen molar-refractivity contribution in [3.63, 3.8) is 0 Å². The van der Waals surface area contributed by atoms with Gasteiger partial charge < -0.3 is 14.2 Å². The zero-order chi connectivity index (χ0) is 20.6. The Bertz CT molecular complexity index is 715. The quantitative estimate of drug-likeness (QED) is 0.638. The Balaban J connectivity index is 1.67. The van der Waals surface area contributed by atoms with E-state index in [-0.39, 0.29) is 29.0 Å². The molecule has 5 nitrogen and oxygen atoms in total. The van der Waals surface area contributed by atoms with Crippen LogP contribution in [0.2, 0.25) is 0 Å². The minimum atomic E-state index is -0.310. The van der Waals surface area contributed by atoms with E-state index in [1.165, 1.54) is 18.4 Å². The number of nitrogens with zero attached hydrogens (tertiary/aromatic N) is 1. The van der Waals surface area contributed by atoms with E-state index in [1.807, 2.05) is 0 Å². The third kappa shape index (κ3) is 3.69. The molecule has 0 aromatic heterocycles. The number of ether oxygens (including phenoxy) is 3. The van der Waals surface area contributed by atoms with Crippen molar-refractivity contribution in [1.29, 1.82) is 5.26 Å². The van der Waals surface area contributed by atoms with Crippen LogP contribution < -0.4 is 0 Å². The summed E-state index contributed by atoms with van der Waals surface area (Å²) in [5.41, 5.74) is 2.79. The van der Waals surface area contributed by atoms with E-state index in [4.69, 9.17) is 14.2 Å². The van der Waals surface area contributed by atoms with Crippen molar-refractivity contribution in [1.82, 2.24) is 0 Å². The summed E-state index contributed by atoms with van der Waals surface area (Å²) in [5.74, 6) is 0.846. The Hall–Kier alpha value is -1.22. The van der Waals surface area contributed by atoms with E-state index in [9.17, 15) is 10.1 Å². The number of fused-ring (bicyclic) bond motifs is 3. The molecule has 1 heterocycles. The fourth-order valence-corrected chi connectivity index (χ4v) is 7.21. The minimum absolute atomic E-state index is 0.112. The smallest absolute Gasteiger partial charge is 0.159 e. The highest BCUT2D eigenvalue weighted by Crippen LogP contribution is 2.63. The first-order valence-electron chi connectivity index (χ1n) is 11.3. The number of carbonyl (C=O) groups is 1. The molecule has 160 valence electrons. The van der Waals surface area contributed by atoms with Gasteiger partial charge in [0.05, 0.1) is 31.8 Å². The summed E-state index contributed by atoms with van der Waals surface area (Å²) in [5, 5.41) is 9.94. The minimum Gasteiger partial charge on any atom is -0.384 e. The second-order valence-corrected chi connectivity index (χ2v) is 10.1. The number of hydrogen-bond acceptors (Lipinski definition) is 5. The van der Waals surface area contributed by atoms with Gasteiger partial charge in [-0.25, -0.2) is 0 Å². The zero-order valence-electron chi connectivity index (χ0n) is 18.2. The normalized spacial score (nSPS) is 39.0. The van der Waals surface area contributed by atoms with E-state index >= 15 is 0 Å². The molecule has 3 fully saturated rings. The van der Waals surface area contributed by atoms with Gasteiger partial charge in [0.25, 0.3) is 0 Å². The van der Waals surface area contributed by atoms with Gasteiger partial charge in [-0.15, -0.1) is 0 Å². The molecule has 5 heteroatoms. The van der Waals surface area contributed by atoms with Crippen molar-refractivity contribution in [3.8, 4) is 6.07 Å². The predicted molar refractivity (Wildman–Crippen MR) is 109 cm³/mol. The van der Waals surface area contributed by atoms with Crippen LogP contribution in [-0.2, 0) is 19.0 Å². The van der Waals surface area contributed by atoms with Crippen LogP contribution in [0.5, 0.6) is 0 Å². The number of nitriles is 1. The van der Waals surface area contributed by atoms with E-state index in [0.717, 1.165) is 31.4 Å². The van der Waals surface area contributed by atoms with E-state index in [1.54, 1.807) is 7.11 Å². The van der Waals surface area contributed by atoms with E-state index in [2.05, 4.69) is 19.9 Å². The fraction of sp³-hybridized carbons (Fsp3) is 0.833. The largest absolute Gasteiger partial charge is 0.384 e. The molecule has 0 radical (unpaired) electrons. The summed E-state index contributed by atoms with van der Waals surface area (Å²) in [6.07, 6.45) is 7.00. The second-order valence-electron chi connectivity index (χ2n) is 10.1. The molecule has 5 atom stereocenters. The lowest BCUT2D eigenvalue weighted by Crippen LogP contribution is -2.53. The molecule has 4 rings (SSSR count). The van der Waals surface area contributed by atoms with E-state index in [0.29, 0.717) is 44.2 Å². The maximum Gasteiger partial charge on any atom is 0.159 e. The molecule has 29 heavy (non-hydrogen) atoms. The molecule has 0 N–H and O–H groups in total. The van der Waals surface area contributed by atoms with Crippen LogP contribution in [0.4, 0.5) is 0 Å². The lowest BCUT2D eigenvalue weighted by molar-refractivity contribution is -0.127. The number of hydrogen-bond donors (Lipinski definition) is 0. The molecule has 0 aromatic rings. The highest BCUT2D eigenvalue weighted by Gasteiger charge is 2.56. The van der Waals surface area contributed by atoms with Gasteiger partial charge in [0.15, 0.2) is 6.29 Å². The van der Waals surface area contributed by atoms with Crippen molar-refractivity contribution in [2.24, 2.45) is 28.6 Å². The molecule has 0 spiro atoms. The van der Waals surface area contributed by atoms with Crippen LogP contribution in [0, 0.1) is 39.9 Å². The average molecular weight is 402 g/mol. The van der Waals surface area contributed by atoms with Gasteiger partial charge in [0, 0.05) is 26.4 Å². The van der Waals surface area contributed by atoms with Gasteiger partial charge in [-0.3, -0.25) is 4.79 Å². The van der Waals surface area contributed by atoms with Crippen molar-refractivity contribution >= 4 is 5.78 Å². The molecule has 2 saturated carbocycles. The molecular weight excluding hydrogens is 366 g/mol. The SMILES string of the molecule is COC[C@@]1(C)CCC[C@]2(C)C3CC(=O)CC(C(C#N)CC4OCCO4)=C3CCC12. The summed E-state index contributed by atoms with van der Waals surface area (Å²) in [4.78, 5) is 12.9. The Kier molecular flexibility index (Phi) is 5.90. The van der Waals surface area contributed by atoms with Crippen LogP contribution in [0.15, 0.2) is 11.1 Å². The van der Waals surface area contributed by atoms with Crippen LogP contribution in [0.3, 0.4) is 0 Å². The van der Waals surface area contributed by atoms with Crippen molar-refractivity contribution in [3.05, 3.63) is 11.1 Å². The summed E-state index contributed by atoms with van der Waals surface area (Å²) < 4.78 is 16.8. The monoisotopic (exact) mass is 401 g/mol. The number of methoxy groups -OCH3 is 1. The highest BCUT2D eigenvalue weighted by atomic mass is 16.7. The van der Waals surface area contributed by atoms with Crippen molar-refractivity contribution in [2.45, 2.75) is 71.5 Å². The maximum absolute atomic E-state index is 12.9. The Labute approximate surface area is 174 Å². The Morgan fingerprint density at radius 3 is 2.72 bits per heavy atom. The van der Waals surface area contributed by atoms with Gasteiger partial charge in [-0.2, -0.15) is 5.26 Å². The first kappa shape index (κ1) is 21.0. The molecule has 4 aliphatic rings. The topological polar surface area (TPSA) is 68.6 Å².